The third-order valence-corrected chi connectivity index (χ3v) is 14.0. The molecule has 0 aliphatic heterocycles. The Kier molecular flexibility index (Phi) is 12.1. The Morgan fingerprint density at radius 1 is 1.15 bits per heavy atom. The number of aliphatic hydroxyl groups is 1. The van der Waals surface area contributed by atoms with Crippen molar-refractivity contribution in [1.29, 1.82) is 0 Å². The van der Waals surface area contributed by atoms with Crippen molar-refractivity contribution in [3.05, 3.63) is 57.3 Å². The number of fused-ring (bicyclic) bond motifs is 3. The number of aliphatic imine (C=N–C) groups is 1. The van der Waals surface area contributed by atoms with E-state index in [2.05, 4.69) is 70.5 Å². The number of aromatic hydroxyl groups is 1. The number of benzene rings is 1. The lowest BCUT2D eigenvalue weighted by molar-refractivity contribution is 0.0329. The fourth-order valence-electron chi connectivity index (χ4n) is 9.29. The standard InChI is InChI=1S/C43H54N4O3S2/c1-5-7-8-18-42-19-9-11-33-30(22-31(49)24-36(33)46-26-28(3)48)23-35(47-41(44)45-4)29-12-14-34(43(25-29,27-42)21-20-42)40(50)39-17-16-38(52-39)37-15-13-32(51-37)10-6-2/h13,15-17,22,24,28-29,34-35,46,48-49H,5,7-8,12,14,18-21,23,25-27H2,1-4H3,(H3,44,45,47)/t28-,29+,34+,35+,42-,43+/m0/s1. The molecule has 2 saturated carbocycles. The number of thiophene rings is 2. The summed E-state index contributed by atoms with van der Waals surface area (Å²) >= 11 is 3.31. The zero-order valence-corrected chi connectivity index (χ0v) is 32.7. The lowest BCUT2D eigenvalue weighted by Crippen LogP contribution is -2.50. The number of guanidine groups is 1. The summed E-state index contributed by atoms with van der Waals surface area (Å²) in [5.74, 6) is 14.4. The summed E-state index contributed by atoms with van der Waals surface area (Å²) in [4.78, 5) is 23.3. The molecule has 3 aromatic rings. The first-order valence-electron chi connectivity index (χ1n) is 19.0. The van der Waals surface area contributed by atoms with Crippen molar-refractivity contribution in [2.45, 2.75) is 110 Å². The van der Waals surface area contributed by atoms with E-state index in [1.54, 1.807) is 42.7 Å². The molecule has 9 heteroatoms. The summed E-state index contributed by atoms with van der Waals surface area (Å²) in [5, 5.41) is 27.9. The minimum atomic E-state index is -0.552. The summed E-state index contributed by atoms with van der Waals surface area (Å²) in [7, 11) is 1.70. The van der Waals surface area contributed by atoms with E-state index < -0.39 is 6.10 Å². The highest BCUT2D eigenvalue weighted by Gasteiger charge is 2.56. The van der Waals surface area contributed by atoms with Crippen LogP contribution in [0.2, 0.25) is 0 Å². The molecule has 52 heavy (non-hydrogen) atoms. The largest absolute Gasteiger partial charge is 0.508 e. The van der Waals surface area contributed by atoms with Crippen molar-refractivity contribution in [2.75, 3.05) is 18.9 Å². The van der Waals surface area contributed by atoms with Crippen LogP contribution < -0.4 is 16.4 Å². The van der Waals surface area contributed by atoms with E-state index in [0.29, 0.717) is 24.7 Å². The van der Waals surface area contributed by atoms with Crippen LogP contribution >= 0.6 is 22.7 Å². The Labute approximate surface area is 317 Å². The van der Waals surface area contributed by atoms with Gasteiger partial charge in [-0.1, -0.05) is 43.9 Å². The molecule has 6 atom stereocenters. The van der Waals surface area contributed by atoms with Crippen LogP contribution in [0.4, 0.5) is 5.69 Å². The molecule has 0 amide bonds. The van der Waals surface area contributed by atoms with Gasteiger partial charge in [-0.05, 0) is 118 Å². The number of nitrogens with two attached hydrogens (primary N) is 1. The monoisotopic (exact) mass is 738 g/mol. The molecule has 6 rings (SSSR count). The maximum absolute atomic E-state index is 14.8. The van der Waals surface area contributed by atoms with Gasteiger partial charge in [-0.3, -0.25) is 9.79 Å². The number of carbonyl (C=O) groups is 1. The van der Waals surface area contributed by atoms with Crippen LogP contribution in [-0.4, -0.2) is 47.7 Å². The van der Waals surface area contributed by atoms with E-state index >= 15 is 0 Å². The van der Waals surface area contributed by atoms with Gasteiger partial charge in [0.05, 0.1) is 27.1 Å². The molecule has 2 aromatic heterocycles. The van der Waals surface area contributed by atoms with Crippen LogP contribution in [0.5, 0.6) is 5.75 Å². The molecule has 0 unspecified atom stereocenters. The number of nitrogens with zero attached hydrogens (tertiary/aromatic N) is 1. The number of nitrogens with one attached hydrogen (secondary N) is 2. The van der Waals surface area contributed by atoms with E-state index in [-0.39, 0.29) is 34.5 Å². The van der Waals surface area contributed by atoms with Gasteiger partial charge < -0.3 is 26.6 Å². The highest BCUT2D eigenvalue weighted by Crippen LogP contribution is 2.63. The molecule has 1 spiro atoms. The van der Waals surface area contributed by atoms with Gasteiger partial charge in [0.2, 0.25) is 0 Å². The minimum Gasteiger partial charge on any atom is -0.508 e. The van der Waals surface area contributed by atoms with Crippen molar-refractivity contribution in [3.63, 3.8) is 0 Å². The van der Waals surface area contributed by atoms with Gasteiger partial charge in [-0.15, -0.1) is 28.6 Å². The number of ketones is 1. The second-order valence-corrected chi connectivity index (χ2v) is 17.6. The minimum absolute atomic E-state index is 0.0349. The lowest BCUT2D eigenvalue weighted by Gasteiger charge is -2.47. The third kappa shape index (κ3) is 8.38. The lowest BCUT2D eigenvalue weighted by atomic mass is 9.57. The number of hydrogen-bond acceptors (Lipinski definition) is 7. The number of anilines is 1. The Balaban J connectivity index is 1.40. The Bertz CT molecular complexity index is 1910. The van der Waals surface area contributed by atoms with E-state index in [0.717, 1.165) is 101 Å². The average molecular weight is 739 g/mol. The molecule has 0 radical (unpaired) electrons. The second-order valence-electron chi connectivity index (χ2n) is 15.5. The number of hydrogen-bond donors (Lipinski definition) is 5. The van der Waals surface area contributed by atoms with Gasteiger partial charge in [0.1, 0.15) is 5.75 Å². The number of carbonyl (C=O) groups excluding carboxylic acids is 1. The van der Waals surface area contributed by atoms with Crippen molar-refractivity contribution >= 4 is 40.1 Å². The predicted octanol–water partition coefficient (Wildman–Crippen LogP) is 8.58. The van der Waals surface area contributed by atoms with Crippen molar-refractivity contribution in [2.24, 2.45) is 33.4 Å². The molecule has 6 N–H and O–H groups in total. The maximum atomic E-state index is 14.8. The smallest absolute Gasteiger partial charge is 0.188 e. The SMILES string of the molecule is CC#Cc1ccc(-c2ccc(C(=O)[C@H]3CC[C@@H]4C[C@@]35CC[C@](CCCCC)(CC#Cc3c(cc(O)cc3NC[C@H](C)O)C[C@H]4NC(N)=NC)C5)s2)s1. The number of Topliss-reactive ketones (excluding diaryl/α,β-unsaturated/α-hetero) is 1. The van der Waals surface area contributed by atoms with Crippen LogP contribution in [0.25, 0.3) is 9.75 Å². The quantitative estimate of drug-likeness (QED) is 0.0442. The van der Waals surface area contributed by atoms with Crippen LogP contribution in [0.15, 0.2) is 41.4 Å². The van der Waals surface area contributed by atoms with E-state index in [9.17, 15) is 15.0 Å². The molecule has 2 fully saturated rings. The zero-order valence-electron chi connectivity index (χ0n) is 31.1. The first-order chi connectivity index (χ1) is 25.1. The van der Waals surface area contributed by atoms with Crippen LogP contribution in [0, 0.1) is 46.3 Å². The van der Waals surface area contributed by atoms with Gasteiger partial charge in [-0.25, -0.2) is 0 Å². The van der Waals surface area contributed by atoms with Gasteiger partial charge in [0.25, 0.3) is 0 Å². The molecule has 276 valence electrons. The fourth-order valence-corrected chi connectivity index (χ4v) is 11.3. The normalized spacial score (nSPS) is 26.0. The molecule has 2 heterocycles. The number of aliphatic hydroxyl groups excluding tert-OH is 1. The number of unbranched alkanes of at least 4 members (excludes halogenated alkanes) is 2. The fraction of sp³-hybridized carbons (Fsp3) is 0.535. The number of rotatable bonds is 11. The van der Waals surface area contributed by atoms with E-state index in [1.165, 1.54) is 6.42 Å². The van der Waals surface area contributed by atoms with E-state index in [1.807, 2.05) is 13.0 Å². The second kappa shape index (κ2) is 16.5. The van der Waals surface area contributed by atoms with Gasteiger partial charge >= 0.3 is 0 Å². The molecular weight excluding hydrogens is 685 g/mol. The molecule has 3 aliphatic carbocycles. The highest BCUT2D eigenvalue weighted by molar-refractivity contribution is 7.23. The Hall–Kier alpha value is -3.76. The van der Waals surface area contributed by atoms with Crippen molar-refractivity contribution in [1.82, 2.24) is 5.32 Å². The maximum Gasteiger partial charge on any atom is 0.188 e. The average Bonchev–Trinajstić information content (AvgIpc) is 3.88. The Morgan fingerprint density at radius 3 is 2.73 bits per heavy atom. The van der Waals surface area contributed by atoms with Crippen LogP contribution in [0.3, 0.4) is 0 Å². The van der Waals surface area contributed by atoms with Gasteiger partial charge in [0.15, 0.2) is 11.7 Å². The molecule has 0 saturated heterocycles. The molecular formula is C43H54N4O3S2. The first-order valence-corrected chi connectivity index (χ1v) is 20.6. The molecule has 3 aliphatic rings. The molecule has 7 nitrogen and oxygen atoms in total. The zero-order chi connectivity index (χ0) is 36.9. The van der Waals surface area contributed by atoms with Crippen molar-refractivity contribution in [3.8, 4) is 39.2 Å². The number of phenolic OH excluding ortho intramolecular Hbond substituents is 1. The van der Waals surface area contributed by atoms with Crippen molar-refractivity contribution < 1.29 is 15.0 Å². The highest BCUT2D eigenvalue weighted by atomic mass is 32.1. The van der Waals surface area contributed by atoms with E-state index in [4.69, 9.17) is 5.73 Å². The summed E-state index contributed by atoms with van der Waals surface area (Å²) in [6, 6.07) is 11.8. The first kappa shape index (κ1) is 38.0. The van der Waals surface area contributed by atoms with Crippen LogP contribution in [-0.2, 0) is 6.42 Å². The summed E-state index contributed by atoms with van der Waals surface area (Å²) in [5.41, 5.74) is 8.84. The van der Waals surface area contributed by atoms with Crippen LogP contribution in [0.1, 0.15) is 117 Å². The summed E-state index contributed by atoms with van der Waals surface area (Å²) < 4.78 is 0. The predicted molar refractivity (Wildman–Crippen MR) is 216 cm³/mol. The molecule has 1 aromatic carbocycles. The summed E-state index contributed by atoms with van der Waals surface area (Å²) in [6.07, 6.45) is 11.2. The Morgan fingerprint density at radius 2 is 1.96 bits per heavy atom. The third-order valence-electron chi connectivity index (χ3n) is 11.7. The van der Waals surface area contributed by atoms with Gasteiger partial charge in [0, 0.05) is 47.8 Å². The topological polar surface area (TPSA) is 120 Å². The summed E-state index contributed by atoms with van der Waals surface area (Å²) in [6.45, 7) is 6.21. The number of phenols is 1. The molecule has 3 bridgehead atoms. The van der Waals surface area contributed by atoms with Gasteiger partial charge in [-0.2, -0.15) is 0 Å².